The zero-order valence-electron chi connectivity index (χ0n) is 13.3. The number of hydrogen-bond donors (Lipinski definition) is 0. The second-order valence-corrected chi connectivity index (χ2v) is 6.97. The third-order valence-corrected chi connectivity index (χ3v) is 5.46. The lowest BCUT2D eigenvalue weighted by Gasteiger charge is -2.20. The second kappa shape index (κ2) is 6.61. The summed E-state index contributed by atoms with van der Waals surface area (Å²) in [4.78, 5) is 19.9. The first-order chi connectivity index (χ1) is 10.6. The number of thiazole rings is 1. The van der Waals surface area contributed by atoms with Crippen molar-refractivity contribution in [1.29, 1.82) is 0 Å². The van der Waals surface area contributed by atoms with Crippen molar-refractivity contribution in [2.75, 3.05) is 13.6 Å². The summed E-state index contributed by atoms with van der Waals surface area (Å²) in [6.07, 6.45) is 5.66. The zero-order chi connectivity index (χ0) is 15.5. The van der Waals surface area contributed by atoms with Crippen LogP contribution in [0, 0.1) is 6.92 Å². The van der Waals surface area contributed by atoms with Gasteiger partial charge in [0.2, 0.25) is 0 Å². The molecule has 1 aromatic carbocycles. The highest BCUT2D eigenvalue weighted by atomic mass is 32.1. The standard InChI is InChI=1S/C18H22N2OS/c1-13-17(22-12-19-13)9-10-20(2)18(21)16-8-7-14-5-3-4-6-15(14)11-16/h7-8,11-12H,3-6,9-10H2,1-2H3. The van der Waals surface area contributed by atoms with Crippen molar-refractivity contribution in [3.05, 3.63) is 51.0 Å². The van der Waals surface area contributed by atoms with Crippen LogP contribution in [0.5, 0.6) is 0 Å². The smallest absolute Gasteiger partial charge is 0.253 e. The number of benzene rings is 1. The average molecular weight is 314 g/mol. The van der Waals surface area contributed by atoms with Crippen molar-refractivity contribution in [1.82, 2.24) is 9.88 Å². The van der Waals surface area contributed by atoms with Crippen LogP contribution in [-0.4, -0.2) is 29.4 Å². The van der Waals surface area contributed by atoms with Crippen LogP contribution in [-0.2, 0) is 19.3 Å². The molecule has 0 spiro atoms. The molecule has 116 valence electrons. The van der Waals surface area contributed by atoms with Crippen molar-refractivity contribution >= 4 is 17.2 Å². The van der Waals surface area contributed by atoms with E-state index in [1.807, 2.05) is 30.4 Å². The van der Waals surface area contributed by atoms with Gasteiger partial charge >= 0.3 is 0 Å². The van der Waals surface area contributed by atoms with E-state index >= 15 is 0 Å². The molecule has 3 rings (SSSR count). The van der Waals surface area contributed by atoms with Gasteiger partial charge in [0.05, 0.1) is 11.2 Å². The second-order valence-electron chi connectivity index (χ2n) is 6.03. The van der Waals surface area contributed by atoms with Crippen LogP contribution < -0.4 is 0 Å². The van der Waals surface area contributed by atoms with Crippen molar-refractivity contribution in [3.63, 3.8) is 0 Å². The summed E-state index contributed by atoms with van der Waals surface area (Å²) in [5.41, 5.74) is 6.56. The van der Waals surface area contributed by atoms with Crippen LogP contribution >= 0.6 is 11.3 Å². The first-order valence-corrected chi connectivity index (χ1v) is 8.79. The highest BCUT2D eigenvalue weighted by molar-refractivity contribution is 7.09. The number of rotatable bonds is 4. The predicted molar refractivity (Wildman–Crippen MR) is 90.6 cm³/mol. The Kier molecular flexibility index (Phi) is 4.57. The lowest BCUT2D eigenvalue weighted by atomic mass is 9.90. The molecule has 1 aromatic heterocycles. The van der Waals surface area contributed by atoms with E-state index in [1.165, 1.54) is 28.8 Å². The Hall–Kier alpha value is -1.68. The van der Waals surface area contributed by atoms with Gasteiger partial charge in [-0.05, 0) is 55.9 Å². The maximum Gasteiger partial charge on any atom is 0.253 e. The molecule has 1 aliphatic carbocycles. The molecule has 0 radical (unpaired) electrons. The first kappa shape index (κ1) is 15.2. The minimum absolute atomic E-state index is 0.121. The van der Waals surface area contributed by atoms with Gasteiger partial charge < -0.3 is 4.90 Å². The number of hydrogen-bond acceptors (Lipinski definition) is 3. The lowest BCUT2D eigenvalue weighted by Crippen LogP contribution is -2.29. The molecule has 0 atom stereocenters. The number of fused-ring (bicyclic) bond motifs is 1. The van der Waals surface area contributed by atoms with Gasteiger partial charge in [-0.3, -0.25) is 4.79 Å². The monoisotopic (exact) mass is 314 g/mol. The third-order valence-electron chi connectivity index (χ3n) is 4.46. The molecule has 0 unspecified atom stereocenters. The van der Waals surface area contributed by atoms with Crippen LogP contribution in [0.3, 0.4) is 0 Å². The third kappa shape index (κ3) is 3.22. The van der Waals surface area contributed by atoms with E-state index < -0.39 is 0 Å². The van der Waals surface area contributed by atoms with Crippen molar-refractivity contribution in [3.8, 4) is 0 Å². The summed E-state index contributed by atoms with van der Waals surface area (Å²) in [6, 6.07) is 6.23. The quantitative estimate of drug-likeness (QED) is 0.863. The minimum atomic E-state index is 0.121. The fourth-order valence-electron chi connectivity index (χ4n) is 3.02. The maximum atomic E-state index is 12.6. The van der Waals surface area contributed by atoms with E-state index in [9.17, 15) is 4.79 Å². The molecule has 1 aliphatic rings. The topological polar surface area (TPSA) is 33.2 Å². The number of aromatic nitrogens is 1. The van der Waals surface area contributed by atoms with Gasteiger partial charge in [-0.2, -0.15) is 0 Å². The van der Waals surface area contributed by atoms with E-state index in [0.717, 1.165) is 37.1 Å². The van der Waals surface area contributed by atoms with Crippen molar-refractivity contribution in [2.24, 2.45) is 0 Å². The van der Waals surface area contributed by atoms with E-state index in [1.54, 1.807) is 11.3 Å². The minimum Gasteiger partial charge on any atom is -0.341 e. The van der Waals surface area contributed by atoms with Crippen LogP contribution in [0.2, 0.25) is 0 Å². The van der Waals surface area contributed by atoms with Gasteiger partial charge in [0.25, 0.3) is 5.91 Å². The number of likely N-dealkylation sites (N-methyl/N-ethyl adjacent to an activating group) is 1. The zero-order valence-corrected chi connectivity index (χ0v) is 14.1. The van der Waals surface area contributed by atoms with Gasteiger partial charge in [0.1, 0.15) is 0 Å². The Morgan fingerprint density at radius 1 is 1.27 bits per heavy atom. The fourth-order valence-corrected chi connectivity index (χ4v) is 3.79. The Morgan fingerprint density at radius 2 is 2.05 bits per heavy atom. The summed E-state index contributed by atoms with van der Waals surface area (Å²) in [7, 11) is 1.89. The summed E-state index contributed by atoms with van der Waals surface area (Å²) in [5, 5.41) is 0. The summed E-state index contributed by atoms with van der Waals surface area (Å²) in [5.74, 6) is 0.121. The number of carbonyl (C=O) groups is 1. The Labute approximate surface area is 136 Å². The van der Waals surface area contributed by atoms with Crippen LogP contribution in [0.1, 0.15) is 44.9 Å². The van der Waals surface area contributed by atoms with Gasteiger partial charge in [-0.15, -0.1) is 11.3 Å². The van der Waals surface area contributed by atoms with Gasteiger partial charge in [0.15, 0.2) is 0 Å². The molecule has 22 heavy (non-hydrogen) atoms. The summed E-state index contributed by atoms with van der Waals surface area (Å²) < 4.78 is 0. The summed E-state index contributed by atoms with van der Waals surface area (Å²) in [6.45, 7) is 2.76. The molecule has 4 heteroatoms. The maximum absolute atomic E-state index is 12.6. The highest BCUT2D eigenvalue weighted by Crippen LogP contribution is 2.23. The Morgan fingerprint density at radius 3 is 2.77 bits per heavy atom. The summed E-state index contributed by atoms with van der Waals surface area (Å²) >= 11 is 1.67. The first-order valence-electron chi connectivity index (χ1n) is 7.91. The van der Waals surface area contributed by atoms with E-state index in [-0.39, 0.29) is 5.91 Å². The fraction of sp³-hybridized carbons (Fsp3) is 0.444. The largest absolute Gasteiger partial charge is 0.341 e. The molecule has 0 saturated carbocycles. The van der Waals surface area contributed by atoms with Crippen LogP contribution in [0.25, 0.3) is 0 Å². The molecule has 1 amide bonds. The van der Waals surface area contributed by atoms with E-state index in [0.29, 0.717) is 0 Å². The molecule has 0 bridgehead atoms. The van der Waals surface area contributed by atoms with Crippen LogP contribution in [0.4, 0.5) is 0 Å². The highest BCUT2D eigenvalue weighted by Gasteiger charge is 2.16. The molecule has 0 fully saturated rings. The Balaban J connectivity index is 1.66. The molecule has 1 heterocycles. The van der Waals surface area contributed by atoms with Crippen LogP contribution in [0.15, 0.2) is 23.7 Å². The number of nitrogens with zero attached hydrogens (tertiary/aromatic N) is 2. The van der Waals surface area contributed by atoms with E-state index in [4.69, 9.17) is 0 Å². The lowest BCUT2D eigenvalue weighted by molar-refractivity contribution is 0.0796. The molecule has 2 aromatic rings. The molecular weight excluding hydrogens is 292 g/mol. The molecular formula is C18H22N2OS. The van der Waals surface area contributed by atoms with Crippen molar-refractivity contribution in [2.45, 2.75) is 39.0 Å². The molecule has 0 saturated heterocycles. The van der Waals surface area contributed by atoms with Gasteiger partial charge in [0, 0.05) is 30.5 Å². The SMILES string of the molecule is Cc1ncsc1CCN(C)C(=O)c1ccc2c(c1)CCCC2. The molecule has 0 aliphatic heterocycles. The van der Waals surface area contributed by atoms with Gasteiger partial charge in [-0.1, -0.05) is 6.07 Å². The predicted octanol–water partition coefficient (Wildman–Crippen LogP) is 3.65. The Bertz CT molecular complexity index is 677. The number of aryl methyl sites for hydroxylation is 3. The number of carbonyl (C=O) groups excluding carboxylic acids is 1. The molecule has 0 N–H and O–H groups in total. The average Bonchev–Trinajstić information content (AvgIpc) is 2.96. The number of amides is 1. The van der Waals surface area contributed by atoms with Crippen molar-refractivity contribution < 1.29 is 4.79 Å². The normalized spacial score (nSPS) is 13.7. The molecule has 3 nitrogen and oxygen atoms in total. The van der Waals surface area contributed by atoms with Gasteiger partial charge in [-0.25, -0.2) is 4.98 Å². The van der Waals surface area contributed by atoms with E-state index in [2.05, 4.69) is 17.1 Å².